The first kappa shape index (κ1) is 17.5. The maximum atomic E-state index is 11.7. The molecule has 1 aromatic carbocycles. The number of ether oxygens (including phenoxy) is 2. The Morgan fingerprint density at radius 2 is 2.10 bits per heavy atom. The Kier molecular flexibility index (Phi) is 7.22. The van der Waals surface area contributed by atoms with Gasteiger partial charge in [-0.05, 0) is 40.4 Å². The number of aldehydes is 1. The number of halogens is 1. The Labute approximate surface area is 133 Å². The molecule has 1 N–H and O–H groups in total. The van der Waals surface area contributed by atoms with Crippen molar-refractivity contribution in [1.29, 1.82) is 0 Å². The van der Waals surface area contributed by atoms with Crippen LogP contribution in [-0.2, 0) is 4.79 Å². The molecule has 1 rings (SSSR count). The van der Waals surface area contributed by atoms with Crippen LogP contribution < -0.4 is 14.8 Å². The highest BCUT2D eigenvalue weighted by atomic mass is 79.9. The molecule has 0 atom stereocenters. The van der Waals surface area contributed by atoms with Crippen molar-refractivity contribution in [2.75, 3.05) is 20.3 Å². The molecule has 0 heterocycles. The molecule has 21 heavy (non-hydrogen) atoms. The summed E-state index contributed by atoms with van der Waals surface area (Å²) in [5, 5.41) is 2.78. The van der Waals surface area contributed by atoms with Gasteiger partial charge in [0.25, 0.3) is 5.91 Å². The van der Waals surface area contributed by atoms with E-state index in [1.807, 2.05) is 0 Å². The third-order valence-electron chi connectivity index (χ3n) is 2.81. The molecule has 0 spiro atoms. The Hall–Kier alpha value is -1.56. The summed E-state index contributed by atoms with van der Waals surface area (Å²) in [6, 6.07) is 3.17. The lowest BCUT2D eigenvalue weighted by molar-refractivity contribution is -0.123. The van der Waals surface area contributed by atoms with E-state index in [1.165, 1.54) is 13.2 Å². The molecule has 116 valence electrons. The Balaban J connectivity index is 2.61. The summed E-state index contributed by atoms with van der Waals surface area (Å²) in [6.07, 6.45) is 1.63. The lowest BCUT2D eigenvalue weighted by atomic mass is 10.1. The number of nitrogens with one attached hydrogen (secondary N) is 1. The molecule has 0 saturated heterocycles. The predicted octanol–water partition coefficient (Wildman–Crippen LogP) is 2.81. The molecule has 1 amide bonds. The van der Waals surface area contributed by atoms with E-state index in [2.05, 4.69) is 35.1 Å². The van der Waals surface area contributed by atoms with Crippen molar-refractivity contribution in [2.24, 2.45) is 5.92 Å². The summed E-state index contributed by atoms with van der Waals surface area (Å²) < 4.78 is 11.2. The van der Waals surface area contributed by atoms with Gasteiger partial charge in [-0.3, -0.25) is 9.59 Å². The first-order valence-electron chi connectivity index (χ1n) is 6.70. The Morgan fingerprint density at radius 1 is 1.38 bits per heavy atom. The molecule has 0 saturated carbocycles. The van der Waals surface area contributed by atoms with E-state index in [0.717, 1.165) is 6.42 Å². The number of carbonyl (C=O) groups excluding carboxylic acids is 2. The first-order chi connectivity index (χ1) is 9.97. The molecule has 0 radical (unpaired) electrons. The van der Waals surface area contributed by atoms with Crippen LogP contribution in [0.4, 0.5) is 0 Å². The minimum Gasteiger partial charge on any atom is -0.493 e. The smallest absolute Gasteiger partial charge is 0.257 e. The van der Waals surface area contributed by atoms with Crippen molar-refractivity contribution >= 4 is 28.1 Å². The fraction of sp³-hybridized carbons (Fsp3) is 0.467. The zero-order valence-electron chi connectivity index (χ0n) is 12.4. The lowest BCUT2D eigenvalue weighted by Gasteiger charge is -2.12. The van der Waals surface area contributed by atoms with Crippen molar-refractivity contribution in [2.45, 2.75) is 20.3 Å². The number of amides is 1. The summed E-state index contributed by atoms with van der Waals surface area (Å²) in [4.78, 5) is 22.6. The van der Waals surface area contributed by atoms with E-state index < -0.39 is 0 Å². The van der Waals surface area contributed by atoms with Gasteiger partial charge in [0.1, 0.15) is 0 Å². The van der Waals surface area contributed by atoms with Gasteiger partial charge >= 0.3 is 0 Å². The van der Waals surface area contributed by atoms with Gasteiger partial charge < -0.3 is 14.8 Å². The van der Waals surface area contributed by atoms with Crippen molar-refractivity contribution < 1.29 is 19.1 Å². The molecule has 0 bridgehead atoms. The molecule has 0 fully saturated rings. The van der Waals surface area contributed by atoms with E-state index in [9.17, 15) is 9.59 Å². The van der Waals surface area contributed by atoms with Crippen LogP contribution in [0.1, 0.15) is 30.6 Å². The molecule has 6 heteroatoms. The zero-order valence-corrected chi connectivity index (χ0v) is 14.0. The highest BCUT2D eigenvalue weighted by Crippen LogP contribution is 2.32. The van der Waals surface area contributed by atoms with Crippen LogP contribution in [0.3, 0.4) is 0 Å². The van der Waals surface area contributed by atoms with Crippen LogP contribution in [0.15, 0.2) is 16.6 Å². The van der Waals surface area contributed by atoms with Gasteiger partial charge in [-0.2, -0.15) is 0 Å². The van der Waals surface area contributed by atoms with E-state index in [-0.39, 0.29) is 12.5 Å². The van der Waals surface area contributed by atoms with Crippen LogP contribution >= 0.6 is 15.9 Å². The molecule has 1 aromatic rings. The number of carbonyl (C=O) groups is 2. The summed E-state index contributed by atoms with van der Waals surface area (Å²) >= 11 is 3.26. The highest BCUT2D eigenvalue weighted by molar-refractivity contribution is 9.10. The SMILES string of the molecule is COc1cc(Br)c(C=O)cc1OCC(=O)NCCC(C)C. The quantitative estimate of drug-likeness (QED) is 0.726. The summed E-state index contributed by atoms with van der Waals surface area (Å²) in [5.74, 6) is 1.16. The monoisotopic (exact) mass is 357 g/mol. The predicted molar refractivity (Wildman–Crippen MR) is 84.0 cm³/mol. The minimum absolute atomic E-state index is 0.117. The maximum Gasteiger partial charge on any atom is 0.257 e. The van der Waals surface area contributed by atoms with Crippen LogP contribution in [-0.4, -0.2) is 32.5 Å². The van der Waals surface area contributed by atoms with Crippen molar-refractivity contribution in [3.05, 3.63) is 22.2 Å². The van der Waals surface area contributed by atoms with Crippen LogP contribution in [0, 0.1) is 5.92 Å². The van der Waals surface area contributed by atoms with Crippen molar-refractivity contribution in [1.82, 2.24) is 5.32 Å². The summed E-state index contributed by atoms with van der Waals surface area (Å²) in [7, 11) is 1.50. The Bertz CT molecular complexity index is 503. The highest BCUT2D eigenvalue weighted by Gasteiger charge is 2.11. The van der Waals surface area contributed by atoms with Gasteiger partial charge in [-0.1, -0.05) is 13.8 Å². The van der Waals surface area contributed by atoms with Gasteiger partial charge in [0.15, 0.2) is 24.4 Å². The average Bonchev–Trinajstić information content (AvgIpc) is 2.45. The number of methoxy groups -OCH3 is 1. The fourth-order valence-electron chi connectivity index (χ4n) is 1.61. The topological polar surface area (TPSA) is 64.6 Å². The second kappa shape index (κ2) is 8.67. The third kappa shape index (κ3) is 5.75. The van der Waals surface area contributed by atoms with Crippen molar-refractivity contribution in [3.8, 4) is 11.5 Å². The lowest BCUT2D eigenvalue weighted by Crippen LogP contribution is -2.30. The maximum absolute atomic E-state index is 11.7. The summed E-state index contributed by atoms with van der Waals surface area (Å²) in [6.45, 7) is 4.69. The van der Waals surface area contributed by atoms with Gasteiger partial charge in [-0.15, -0.1) is 0 Å². The van der Waals surface area contributed by atoms with Gasteiger partial charge in [0.2, 0.25) is 0 Å². The van der Waals surface area contributed by atoms with Crippen LogP contribution in [0.5, 0.6) is 11.5 Å². The van der Waals surface area contributed by atoms with E-state index in [1.54, 1.807) is 6.07 Å². The second-order valence-corrected chi connectivity index (χ2v) is 5.82. The molecule has 0 aliphatic carbocycles. The molecule has 0 aromatic heterocycles. The molecular weight excluding hydrogens is 338 g/mol. The van der Waals surface area contributed by atoms with E-state index in [4.69, 9.17) is 9.47 Å². The molecule has 0 unspecified atom stereocenters. The standard InChI is InChI=1S/C15H20BrNO4/c1-10(2)4-5-17-15(19)9-21-14-6-11(8-18)12(16)7-13(14)20-3/h6-8,10H,4-5,9H2,1-3H3,(H,17,19). The van der Waals surface area contributed by atoms with E-state index in [0.29, 0.717) is 40.3 Å². The number of hydrogen-bond acceptors (Lipinski definition) is 4. The Morgan fingerprint density at radius 3 is 2.67 bits per heavy atom. The van der Waals surface area contributed by atoms with Crippen molar-refractivity contribution in [3.63, 3.8) is 0 Å². The number of benzene rings is 1. The molecule has 5 nitrogen and oxygen atoms in total. The zero-order chi connectivity index (χ0) is 15.8. The van der Waals surface area contributed by atoms with Crippen LogP contribution in [0.2, 0.25) is 0 Å². The third-order valence-corrected chi connectivity index (χ3v) is 3.50. The average molecular weight is 358 g/mol. The summed E-state index contributed by atoms with van der Waals surface area (Å²) in [5.41, 5.74) is 0.436. The van der Waals surface area contributed by atoms with Gasteiger partial charge in [-0.25, -0.2) is 0 Å². The molecule has 0 aliphatic heterocycles. The van der Waals surface area contributed by atoms with E-state index >= 15 is 0 Å². The largest absolute Gasteiger partial charge is 0.493 e. The second-order valence-electron chi connectivity index (χ2n) is 4.96. The molecule has 0 aliphatic rings. The molecular formula is C15H20BrNO4. The minimum atomic E-state index is -0.201. The first-order valence-corrected chi connectivity index (χ1v) is 7.49. The number of hydrogen-bond donors (Lipinski definition) is 1. The van der Waals surface area contributed by atoms with Gasteiger partial charge in [0.05, 0.1) is 7.11 Å². The van der Waals surface area contributed by atoms with Crippen LogP contribution in [0.25, 0.3) is 0 Å². The fourth-order valence-corrected chi connectivity index (χ4v) is 2.02. The normalized spacial score (nSPS) is 10.3. The number of rotatable bonds is 8. The van der Waals surface area contributed by atoms with Gasteiger partial charge in [0, 0.05) is 16.6 Å².